The van der Waals surface area contributed by atoms with E-state index in [4.69, 9.17) is 4.74 Å². The van der Waals surface area contributed by atoms with Crippen LogP contribution in [0.2, 0.25) is 0 Å². The smallest absolute Gasteiger partial charge is 0.256 e. The topological polar surface area (TPSA) is 49.8 Å². The normalized spacial score (nSPS) is 19.3. The van der Waals surface area contributed by atoms with Gasteiger partial charge in [-0.05, 0) is 30.2 Å². The Kier molecular flexibility index (Phi) is 5.37. The largest absolute Gasteiger partial charge is 0.396 e. The molecule has 0 aliphatic carbocycles. The summed E-state index contributed by atoms with van der Waals surface area (Å²) < 4.78 is 5.42. The number of aliphatic hydroxyl groups is 1. The van der Waals surface area contributed by atoms with Crippen LogP contribution in [0, 0.1) is 5.41 Å². The molecule has 1 aromatic rings. The fourth-order valence-corrected chi connectivity index (χ4v) is 3.00. The van der Waals surface area contributed by atoms with Gasteiger partial charge in [-0.15, -0.1) is 0 Å². The third-order valence-corrected chi connectivity index (χ3v) is 4.78. The number of hydrogen-bond donors (Lipinski definition) is 1. The fourth-order valence-electron chi connectivity index (χ4n) is 3.00. The van der Waals surface area contributed by atoms with Crippen LogP contribution in [0.3, 0.4) is 0 Å². The number of hydrogen-bond acceptors (Lipinski definition) is 3. The minimum atomic E-state index is -0.533. The average Bonchev–Trinajstić information content (AvgIpc) is 2.56. The van der Waals surface area contributed by atoms with Gasteiger partial charge in [0.2, 0.25) is 0 Å². The highest BCUT2D eigenvalue weighted by atomic mass is 16.5. The van der Waals surface area contributed by atoms with Crippen molar-refractivity contribution in [1.82, 2.24) is 4.90 Å². The number of likely N-dealkylation sites (tertiary alicyclic amines) is 1. The summed E-state index contributed by atoms with van der Waals surface area (Å²) in [5.41, 5.74) is 0.881. The van der Waals surface area contributed by atoms with Crippen LogP contribution < -0.4 is 0 Å². The minimum absolute atomic E-state index is 0.00784. The summed E-state index contributed by atoms with van der Waals surface area (Å²) in [7, 11) is 1.57. The van der Waals surface area contributed by atoms with E-state index in [1.165, 1.54) is 0 Å². The van der Waals surface area contributed by atoms with Gasteiger partial charge < -0.3 is 14.7 Å². The first-order valence-corrected chi connectivity index (χ1v) is 7.63. The third kappa shape index (κ3) is 3.44. The van der Waals surface area contributed by atoms with Crippen molar-refractivity contribution in [3.63, 3.8) is 0 Å². The maximum Gasteiger partial charge on any atom is 0.256 e. The van der Waals surface area contributed by atoms with Gasteiger partial charge in [0.15, 0.2) is 6.10 Å². The Labute approximate surface area is 126 Å². The molecule has 4 nitrogen and oxygen atoms in total. The van der Waals surface area contributed by atoms with E-state index in [0.29, 0.717) is 13.1 Å². The van der Waals surface area contributed by atoms with E-state index in [-0.39, 0.29) is 17.9 Å². The highest BCUT2D eigenvalue weighted by Gasteiger charge is 2.36. The molecule has 1 saturated heterocycles. The summed E-state index contributed by atoms with van der Waals surface area (Å²) in [5.74, 6) is 0.0198. The number of carbonyl (C=O) groups is 1. The number of nitrogens with zero attached hydrogens (tertiary/aromatic N) is 1. The van der Waals surface area contributed by atoms with Crippen LogP contribution in [0.25, 0.3) is 0 Å². The Hall–Kier alpha value is -1.39. The third-order valence-electron chi connectivity index (χ3n) is 4.78. The van der Waals surface area contributed by atoms with E-state index in [1.54, 1.807) is 7.11 Å². The van der Waals surface area contributed by atoms with Crippen LogP contribution in [0.1, 0.15) is 37.9 Å². The Morgan fingerprint density at radius 1 is 1.33 bits per heavy atom. The zero-order valence-corrected chi connectivity index (χ0v) is 12.9. The molecule has 1 fully saturated rings. The number of methoxy groups -OCH3 is 1. The molecule has 1 aliphatic heterocycles. The molecule has 21 heavy (non-hydrogen) atoms. The van der Waals surface area contributed by atoms with E-state index < -0.39 is 6.10 Å². The summed E-state index contributed by atoms with van der Waals surface area (Å²) in [5, 5.41) is 9.57. The number of aliphatic hydroxyl groups excluding tert-OH is 1. The first-order chi connectivity index (χ1) is 10.2. The Morgan fingerprint density at radius 3 is 2.43 bits per heavy atom. The average molecular weight is 291 g/mol. The molecule has 1 atom stereocenters. The molecule has 1 heterocycles. The van der Waals surface area contributed by atoms with Crippen molar-refractivity contribution in [1.29, 1.82) is 0 Å². The standard InChI is InChI=1S/C17H25NO3/c1-3-17(13-19)9-11-18(12-10-17)16(20)15(21-2)14-7-5-4-6-8-14/h4-8,15,19H,3,9-13H2,1-2H3. The van der Waals surface area contributed by atoms with Crippen molar-refractivity contribution in [3.8, 4) is 0 Å². The second-order valence-corrected chi connectivity index (χ2v) is 5.86. The van der Waals surface area contributed by atoms with Crippen LogP contribution >= 0.6 is 0 Å². The molecule has 0 saturated carbocycles. The van der Waals surface area contributed by atoms with Gasteiger partial charge in [0.05, 0.1) is 0 Å². The number of rotatable bonds is 5. The first-order valence-electron chi connectivity index (χ1n) is 7.63. The van der Waals surface area contributed by atoms with Gasteiger partial charge in [0.1, 0.15) is 0 Å². The minimum Gasteiger partial charge on any atom is -0.396 e. The summed E-state index contributed by atoms with van der Waals surface area (Å²) in [6.45, 7) is 3.70. The molecule has 1 unspecified atom stereocenters. The van der Waals surface area contributed by atoms with Crippen molar-refractivity contribution in [2.45, 2.75) is 32.3 Å². The van der Waals surface area contributed by atoms with Gasteiger partial charge in [-0.1, -0.05) is 37.3 Å². The van der Waals surface area contributed by atoms with Gasteiger partial charge in [0, 0.05) is 26.8 Å². The van der Waals surface area contributed by atoms with Crippen LogP contribution in [0.15, 0.2) is 30.3 Å². The Balaban J connectivity index is 2.04. The molecular formula is C17H25NO3. The van der Waals surface area contributed by atoms with E-state index in [1.807, 2.05) is 35.2 Å². The van der Waals surface area contributed by atoms with Crippen molar-refractivity contribution in [2.75, 3.05) is 26.8 Å². The van der Waals surface area contributed by atoms with Crippen molar-refractivity contribution in [3.05, 3.63) is 35.9 Å². The summed E-state index contributed by atoms with van der Waals surface area (Å²) in [6.07, 6.45) is 2.14. The van der Waals surface area contributed by atoms with E-state index in [9.17, 15) is 9.90 Å². The maximum atomic E-state index is 12.7. The lowest BCUT2D eigenvalue weighted by Crippen LogP contribution is -2.46. The van der Waals surface area contributed by atoms with E-state index in [0.717, 1.165) is 24.8 Å². The number of carbonyl (C=O) groups excluding carboxylic acids is 1. The van der Waals surface area contributed by atoms with Gasteiger partial charge in [0.25, 0.3) is 5.91 Å². The number of amides is 1. The number of piperidine rings is 1. The van der Waals surface area contributed by atoms with Crippen molar-refractivity contribution >= 4 is 5.91 Å². The molecule has 1 amide bonds. The lowest BCUT2D eigenvalue weighted by molar-refractivity contribution is -0.145. The Morgan fingerprint density at radius 2 is 1.95 bits per heavy atom. The molecule has 1 aromatic carbocycles. The summed E-state index contributed by atoms with van der Waals surface area (Å²) in [6, 6.07) is 9.59. The highest BCUT2D eigenvalue weighted by Crippen LogP contribution is 2.35. The molecule has 0 aromatic heterocycles. The fraction of sp³-hybridized carbons (Fsp3) is 0.588. The Bertz CT molecular complexity index is 446. The molecule has 116 valence electrons. The molecule has 0 radical (unpaired) electrons. The lowest BCUT2D eigenvalue weighted by Gasteiger charge is -2.41. The monoisotopic (exact) mass is 291 g/mol. The van der Waals surface area contributed by atoms with Crippen LogP contribution in [-0.2, 0) is 9.53 Å². The van der Waals surface area contributed by atoms with Crippen LogP contribution in [-0.4, -0.2) is 42.7 Å². The second kappa shape index (κ2) is 7.05. The predicted octanol–water partition coefficient (Wildman–Crippen LogP) is 2.39. The summed E-state index contributed by atoms with van der Waals surface area (Å²) >= 11 is 0. The lowest BCUT2D eigenvalue weighted by atomic mass is 9.77. The molecule has 1 aliphatic rings. The number of ether oxygens (including phenoxy) is 1. The summed E-state index contributed by atoms with van der Waals surface area (Å²) in [4.78, 5) is 14.5. The van der Waals surface area contributed by atoms with Gasteiger partial charge in [-0.2, -0.15) is 0 Å². The second-order valence-electron chi connectivity index (χ2n) is 5.86. The zero-order chi connectivity index (χ0) is 15.3. The molecule has 4 heteroatoms. The zero-order valence-electron chi connectivity index (χ0n) is 12.9. The van der Waals surface area contributed by atoms with Crippen LogP contribution in [0.4, 0.5) is 0 Å². The predicted molar refractivity (Wildman–Crippen MR) is 81.8 cm³/mol. The molecule has 0 spiro atoms. The van der Waals surface area contributed by atoms with Crippen molar-refractivity contribution in [2.24, 2.45) is 5.41 Å². The van der Waals surface area contributed by atoms with Gasteiger partial charge in [-0.3, -0.25) is 4.79 Å². The molecule has 0 bridgehead atoms. The van der Waals surface area contributed by atoms with Gasteiger partial charge in [-0.25, -0.2) is 0 Å². The van der Waals surface area contributed by atoms with Crippen LogP contribution in [0.5, 0.6) is 0 Å². The van der Waals surface area contributed by atoms with Crippen molar-refractivity contribution < 1.29 is 14.6 Å². The highest BCUT2D eigenvalue weighted by molar-refractivity contribution is 5.82. The first kappa shape index (κ1) is 16.0. The number of benzene rings is 1. The quantitative estimate of drug-likeness (QED) is 0.906. The van der Waals surface area contributed by atoms with E-state index >= 15 is 0 Å². The SMILES string of the molecule is CCC1(CO)CCN(C(=O)C(OC)c2ccccc2)CC1. The molecule has 2 rings (SSSR count). The van der Waals surface area contributed by atoms with Gasteiger partial charge >= 0.3 is 0 Å². The molecule has 1 N–H and O–H groups in total. The molecular weight excluding hydrogens is 266 g/mol. The van der Waals surface area contributed by atoms with E-state index in [2.05, 4.69) is 6.92 Å². The maximum absolute atomic E-state index is 12.7.